The van der Waals surface area contributed by atoms with E-state index in [1.807, 2.05) is 0 Å². The predicted molar refractivity (Wildman–Crippen MR) is 82.8 cm³/mol. The number of rotatable bonds is 11. The van der Waals surface area contributed by atoms with Crippen LogP contribution in [0.1, 0.15) is 78.1 Å². The van der Waals surface area contributed by atoms with Crippen LogP contribution in [-0.4, -0.2) is 35.9 Å². The quantitative estimate of drug-likeness (QED) is 0.315. The van der Waals surface area contributed by atoms with Gasteiger partial charge in [0, 0.05) is 12.4 Å². The molecule has 0 bridgehead atoms. The number of hydrogen-bond donors (Lipinski definition) is 1. The van der Waals surface area contributed by atoms with E-state index >= 15 is 0 Å². The van der Waals surface area contributed by atoms with Gasteiger partial charge in [0.15, 0.2) is 0 Å². The number of hydrogen-bond acceptors (Lipinski definition) is 4. The smallest absolute Gasteiger partial charge is 0.748 e. The molecule has 5 nitrogen and oxygen atoms in total. The van der Waals surface area contributed by atoms with Crippen molar-refractivity contribution in [2.75, 3.05) is 12.4 Å². The van der Waals surface area contributed by atoms with E-state index in [9.17, 15) is 13.0 Å². The molecule has 126 valence electrons. The second-order valence-corrected chi connectivity index (χ2v) is 6.28. The monoisotopic (exact) mass is 336 g/mol. The van der Waals surface area contributed by atoms with Crippen molar-refractivity contribution in [1.82, 2.24) is 0 Å². The molecule has 7 heteroatoms. The third-order valence-corrected chi connectivity index (χ3v) is 3.54. The van der Waals surface area contributed by atoms with Gasteiger partial charge in [-0.25, -0.2) is 8.42 Å². The molecule has 0 aromatic rings. The maximum atomic E-state index is 10.3. The van der Waals surface area contributed by atoms with Crippen molar-refractivity contribution in [2.45, 2.75) is 78.1 Å². The molecule has 0 radical (unpaired) electrons. The van der Waals surface area contributed by atoms with E-state index < -0.39 is 10.1 Å². The Hall–Kier alpha value is 0.830. The van der Waals surface area contributed by atoms with Crippen LogP contribution in [0, 0.1) is 0 Å². The summed E-state index contributed by atoms with van der Waals surface area (Å²) in [7, 11) is -3.98. The fourth-order valence-corrected chi connectivity index (χ4v) is 2.32. The zero-order valence-corrected chi connectivity index (χ0v) is 16.9. The summed E-state index contributed by atoms with van der Waals surface area (Å²) < 4.78 is 30.9. The molecule has 0 fully saturated rings. The Balaban J connectivity index is -0.000000264. The van der Waals surface area contributed by atoms with E-state index in [4.69, 9.17) is 5.11 Å². The van der Waals surface area contributed by atoms with Gasteiger partial charge in [0.1, 0.15) is 0 Å². The van der Waals surface area contributed by atoms with Crippen LogP contribution < -0.4 is 29.6 Å². The second-order valence-electron chi connectivity index (χ2n) is 4.76. The predicted octanol–water partition coefficient (Wildman–Crippen LogP) is -0.370. The SMILES string of the molecule is CCCCCCCCCCCCS(=O)(=O)[O-].CCO.O.[Na+]. The summed E-state index contributed by atoms with van der Waals surface area (Å²) in [6, 6.07) is 0. The van der Waals surface area contributed by atoms with Crippen LogP contribution in [0.5, 0.6) is 0 Å². The summed E-state index contributed by atoms with van der Waals surface area (Å²) >= 11 is 0. The zero-order valence-electron chi connectivity index (χ0n) is 14.1. The van der Waals surface area contributed by atoms with Gasteiger partial charge in [-0.1, -0.05) is 64.7 Å². The molecule has 21 heavy (non-hydrogen) atoms. The van der Waals surface area contributed by atoms with Crippen molar-refractivity contribution in [2.24, 2.45) is 0 Å². The molecule has 0 saturated carbocycles. The van der Waals surface area contributed by atoms with Crippen LogP contribution in [0.3, 0.4) is 0 Å². The molecule has 3 N–H and O–H groups in total. The Bertz CT molecular complexity index is 258. The van der Waals surface area contributed by atoms with Gasteiger partial charge in [0.25, 0.3) is 0 Å². The van der Waals surface area contributed by atoms with Gasteiger partial charge < -0.3 is 15.1 Å². The normalized spacial score (nSPS) is 9.90. The van der Waals surface area contributed by atoms with Crippen molar-refractivity contribution in [3.8, 4) is 0 Å². The summed E-state index contributed by atoms with van der Waals surface area (Å²) in [6.07, 6.45) is 11.4. The van der Waals surface area contributed by atoms with Gasteiger partial charge in [0.2, 0.25) is 0 Å². The first kappa shape index (κ1) is 29.8. The second kappa shape index (κ2) is 23.1. The van der Waals surface area contributed by atoms with Crippen LogP contribution in [0.2, 0.25) is 0 Å². The largest absolute Gasteiger partial charge is 1.00 e. The molecule has 0 atom stereocenters. The van der Waals surface area contributed by atoms with Gasteiger partial charge in [-0.15, -0.1) is 0 Å². The molecule has 0 aliphatic heterocycles. The topological polar surface area (TPSA) is 109 Å². The van der Waals surface area contributed by atoms with Crippen molar-refractivity contribution in [3.63, 3.8) is 0 Å². The van der Waals surface area contributed by atoms with E-state index in [2.05, 4.69) is 6.92 Å². The maximum absolute atomic E-state index is 10.3. The molecule has 0 rings (SSSR count). The van der Waals surface area contributed by atoms with Crippen LogP contribution in [0.4, 0.5) is 0 Å². The zero-order chi connectivity index (χ0) is 15.0. The molecule has 0 spiro atoms. The summed E-state index contributed by atoms with van der Waals surface area (Å²) in [5.41, 5.74) is 0. The fourth-order valence-electron chi connectivity index (χ4n) is 1.77. The Morgan fingerprint density at radius 2 is 1.10 bits per heavy atom. The van der Waals surface area contributed by atoms with Gasteiger partial charge in [-0.05, 0) is 13.3 Å². The van der Waals surface area contributed by atoms with Gasteiger partial charge >= 0.3 is 29.6 Å². The average molecular weight is 336 g/mol. The van der Waals surface area contributed by atoms with E-state index in [1.165, 1.54) is 44.9 Å². The summed E-state index contributed by atoms with van der Waals surface area (Å²) in [5, 5.41) is 7.57. The first-order valence-corrected chi connectivity index (χ1v) is 9.10. The van der Waals surface area contributed by atoms with Gasteiger partial charge in [-0.2, -0.15) is 0 Å². The third kappa shape index (κ3) is 38.6. The molecule has 0 saturated heterocycles. The molecule has 0 heterocycles. The minimum Gasteiger partial charge on any atom is -0.748 e. The molecule has 0 aliphatic rings. The molecule has 0 aliphatic carbocycles. The van der Waals surface area contributed by atoms with Gasteiger partial charge in [-0.3, -0.25) is 0 Å². The summed E-state index contributed by atoms with van der Waals surface area (Å²) in [6.45, 7) is 4.14. The summed E-state index contributed by atoms with van der Waals surface area (Å²) in [4.78, 5) is 0. The Labute approximate surface area is 153 Å². The molecule has 0 aromatic carbocycles. The Morgan fingerprint density at radius 3 is 1.38 bits per heavy atom. The van der Waals surface area contributed by atoms with E-state index in [0.717, 1.165) is 12.8 Å². The summed E-state index contributed by atoms with van der Waals surface area (Å²) in [5.74, 6) is -0.191. The molecular weight excluding hydrogens is 303 g/mol. The van der Waals surface area contributed by atoms with E-state index in [-0.39, 0.29) is 47.4 Å². The third-order valence-electron chi connectivity index (χ3n) is 2.75. The van der Waals surface area contributed by atoms with Crippen LogP contribution in [-0.2, 0) is 10.1 Å². The minimum atomic E-state index is -3.98. The first-order valence-electron chi connectivity index (χ1n) is 7.52. The molecule has 0 aromatic heterocycles. The first-order chi connectivity index (χ1) is 8.97. The average Bonchev–Trinajstić information content (AvgIpc) is 2.31. The van der Waals surface area contributed by atoms with Crippen molar-refractivity contribution in [1.29, 1.82) is 0 Å². The number of unbranched alkanes of at least 4 members (excludes halogenated alkanes) is 9. The molecule has 0 unspecified atom stereocenters. The molecule has 0 amide bonds. The maximum Gasteiger partial charge on any atom is 1.00 e. The van der Waals surface area contributed by atoms with Crippen LogP contribution in [0.25, 0.3) is 0 Å². The standard InChI is InChI=1S/C12H26O3S.C2H6O.Na.H2O/c1-2-3-4-5-6-7-8-9-10-11-12-16(13,14)15;1-2-3;;/h2-12H2,1H3,(H,13,14,15);3H,2H2,1H3;;1H2/q;;+1;/p-1. The van der Waals surface area contributed by atoms with Crippen LogP contribution in [0.15, 0.2) is 0 Å². The fraction of sp³-hybridized carbons (Fsp3) is 1.00. The Kier molecular flexibility index (Phi) is 32.8. The number of aliphatic hydroxyl groups is 1. The minimum absolute atomic E-state index is 0. The van der Waals surface area contributed by atoms with E-state index in [0.29, 0.717) is 6.42 Å². The Morgan fingerprint density at radius 1 is 0.810 bits per heavy atom. The van der Waals surface area contributed by atoms with Crippen molar-refractivity contribution < 1.29 is 53.1 Å². The van der Waals surface area contributed by atoms with Crippen molar-refractivity contribution >= 4 is 10.1 Å². The van der Waals surface area contributed by atoms with Gasteiger partial charge in [0.05, 0.1) is 10.1 Å². The molecular formula is C14H33NaO5S. The van der Waals surface area contributed by atoms with Crippen LogP contribution >= 0.6 is 0 Å². The number of aliphatic hydroxyl groups excluding tert-OH is 1. The van der Waals surface area contributed by atoms with E-state index in [1.54, 1.807) is 6.92 Å². The van der Waals surface area contributed by atoms with Crippen molar-refractivity contribution in [3.05, 3.63) is 0 Å².